The summed E-state index contributed by atoms with van der Waals surface area (Å²) in [5.41, 5.74) is 3.58. The Labute approximate surface area is 194 Å². The van der Waals surface area contributed by atoms with E-state index in [2.05, 4.69) is 41.2 Å². The van der Waals surface area contributed by atoms with E-state index in [0.29, 0.717) is 36.1 Å². The molecule has 1 unspecified atom stereocenters. The fourth-order valence-corrected chi connectivity index (χ4v) is 3.94. The molecule has 0 radical (unpaired) electrons. The standard InChI is InChI=1S/C23H23N9O2/c1-14-11-20(33)27-23(24-14)32-10-9-19(13-32)26-22(34)16-3-2-4-18(12-16)25-17-7-5-15(6-8-17)21-28-30-31-29-21/h2-8,11-12,19,25H,9-10,13H2,1H3,(H,26,34)(H,24,27,33)(H,28,29,30,31). The van der Waals surface area contributed by atoms with Gasteiger partial charge in [0.15, 0.2) is 0 Å². The zero-order valence-electron chi connectivity index (χ0n) is 18.4. The number of hydrogen-bond donors (Lipinski definition) is 4. The van der Waals surface area contributed by atoms with Crippen LogP contribution in [0.25, 0.3) is 11.4 Å². The third kappa shape index (κ3) is 4.77. The monoisotopic (exact) mass is 457 g/mol. The number of rotatable bonds is 6. The van der Waals surface area contributed by atoms with Crippen molar-refractivity contribution >= 4 is 23.2 Å². The van der Waals surface area contributed by atoms with Crippen LogP contribution in [0.2, 0.25) is 0 Å². The van der Waals surface area contributed by atoms with Gasteiger partial charge in [0.1, 0.15) is 0 Å². The van der Waals surface area contributed by atoms with E-state index in [1.807, 2.05) is 47.4 Å². The highest BCUT2D eigenvalue weighted by molar-refractivity contribution is 5.95. The summed E-state index contributed by atoms with van der Waals surface area (Å²) in [6.07, 6.45) is 0.772. The lowest BCUT2D eigenvalue weighted by Crippen LogP contribution is -2.37. The Morgan fingerprint density at radius 2 is 1.97 bits per heavy atom. The van der Waals surface area contributed by atoms with Crippen molar-refractivity contribution in [3.05, 3.63) is 76.2 Å². The highest BCUT2D eigenvalue weighted by Gasteiger charge is 2.26. The number of nitrogens with zero attached hydrogens (tertiary/aromatic N) is 5. The van der Waals surface area contributed by atoms with E-state index in [9.17, 15) is 9.59 Å². The van der Waals surface area contributed by atoms with E-state index in [0.717, 1.165) is 23.4 Å². The molecule has 1 atom stereocenters. The third-order valence-corrected chi connectivity index (χ3v) is 5.58. The van der Waals surface area contributed by atoms with E-state index in [4.69, 9.17) is 0 Å². The highest BCUT2D eigenvalue weighted by Crippen LogP contribution is 2.22. The largest absolute Gasteiger partial charge is 0.356 e. The topological polar surface area (TPSA) is 145 Å². The Morgan fingerprint density at radius 1 is 1.12 bits per heavy atom. The second kappa shape index (κ2) is 9.14. The fourth-order valence-electron chi connectivity index (χ4n) is 3.94. The first-order chi connectivity index (χ1) is 16.5. The lowest BCUT2D eigenvalue weighted by atomic mass is 10.1. The molecule has 3 heterocycles. The molecule has 1 fully saturated rings. The van der Waals surface area contributed by atoms with Gasteiger partial charge in [-0.2, -0.15) is 5.21 Å². The molecule has 34 heavy (non-hydrogen) atoms. The molecule has 1 aliphatic heterocycles. The van der Waals surface area contributed by atoms with Crippen LogP contribution in [0.4, 0.5) is 17.3 Å². The Hall–Kier alpha value is -4.54. The third-order valence-electron chi connectivity index (χ3n) is 5.58. The predicted octanol–water partition coefficient (Wildman–Crippen LogP) is 2.01. The molecule has 4 aromatic rings. The molecule has 4 N–H and O–H groups in total. The molecule has 2 aromatic carbocycles. The van der Waals surface area contributed by atoms with Crippen molar-refractivity contribution in [3.8, 4) is 11.4 Å². The predicted molar refractivity (Wildman–Crippen MR) is 127 cm³/mol. The van der Waals surface area contributed by atoms with Crippen LogP contribution in [0.5, 0.6) is 0 Å². The molecule has 0 aliphatic carbocycles. The van der Waals surface area contributed by atoms with Crippen LogP contribution in [-0.2, 0) is 0 Å². The molecule has 0 saturated carbocycles. The van der Waals surface area contributed by atoms with Gasteiger partial charge < -0.3 is 15.5 Å². The number of benzene rings is 2. The van der Waals surface area contributed by atoms with E-state index < -0.39 is 0 Å². The number of aromatic nitrogens is 6. The van der Waals surface area contributed by atoms with Gasteiger partial charge in [0.05, 0.1) is 0 Å². The zero-order chi connectivity index (χ0) is 23.5. The van der Waals surface area contributed by atoms with Crippen LogP contribution in [0.15, 0.2) is 59.4 Å². The van der Waals surface area contributed by atoms with Gasteiger partial charge >= 0.3 is 0 Å². The van der Waals surface area contributed by atoms with E-state index in [-0.39, 0.29) is 17.5 Å². The average Bonchev–Trinajstić information content (AvgIpc) is 3.52. The summed E-state index contributed by atoms with van der Waals surface area (Å²) in [5.74, 6) is 0.923. The maximum atomic E-state index is 12.9. The minimum Gasteiger partial charge on any atom is -0.356 e. The molecular weight excluding hydrogens is 434 g/mol. The summed E-state index contributed by atoms with van der Waals surface area (Å²) in [6, 6.07) is 16.4. The number of aromatic amines is 2. The highest BCUT2D eigenvalue weighted by atomic mass is 16.1. The van der Waals surface area contributed by atoms with Crippen molar-refractivity contribution in [2.45, 2.75) is 19.4 Å². The van der Waals surface area contributed by atoms with Crippen LogP contribution in [0.1, 0.15) is 22.5 Å². The Kier molecular flexibility index (Phi) is 5.73. The van der Waals surface area contributed by atoms with Crippen LogP contribution in [-0.4, -0.2) is 55.6 Å². The van der Waals surface area contributed by atoms with Crippen molar-refractivity contribution in [1.82, 2.24) is 35.9 Å². The van der Waals surface area contributed by atoms with Crippen molar-refractivity contribution in [2.75, 3.05) is 23.3 Å². The number of hydrogen-bond acceptors (Lipinski definition) is 8. The number of carbonyl (C=O) groups is 1. The second-order valence-corrected chi connectivity index (χ2v) is 8.13. The number of amides is 1. The lowest BCUT2D eigenvalue weighted by Gasteiger charge is -2.18. The number of aryl methyl sites for hydroxylation is 1. The van der Waals surface area contributed by atoms with Gasteiger partial charge in [0.25, 0.3) is 11.5 Å². The van der Waals surface area contributed by atoms with Crippen LogP contribution >= 0.6 is 0 Å². The van der Waals surface area contributed by atoms with Crippen molar-refractivity contribution < 1.29 is 4.79 Å². The second-order valence-electron chi connectivity index (χ2n) is 8.13. The molecule has 1 aliphatic rings. The number of tetrazole rings is 1. The molecule has 0 spiro atoms. The number of nitrogens with one attached hydrogen (secondary N) is 4. The summed E-state index contributed by atoms with van der Waals surface area (Å²) < 4.78 is 0. The van der Waals surface area contributed by atoms with Gasteiger partial charge in [-0.15, -0.1) is 10.2 Å². The summed E-state index contributed by atoms with van der Waals surface area (Å²) in [5, 5.41) is 20.3. The smallest absolute Gasteiger partial charge is 0.252 e. The molecule has 1 saturated heterocycles. The zero-order valence-corrected chi connectivity index (χ0v) is 18.4. The number of carbonyl (C=O) groups excluding carboxylic acids is 1. The average molecular weight is 457 g/mol. The normalized spacial score (nSPS) is 15.3. The maximum absolute atomic E-state index is 12.9. The molecule has 1 amide bonds. The minimum absolute atomic E-state index is 0.0346. The van der Waals surface area contributed by atoms with Gasteiger partial charge in [0, 0.05) is 53.4 Å². The van der Waals surface area contributed by atoms with Gasteiger partial charge in [-0.1, -0.05) is 6.07 Å². The van der Waals surface area contributed by atoms with Gasteiger partial charge in [0.2, 0.25) is 11.8 Å². The van der Waals surface area contributed by atoms with Crippen LogP contribution in [0.3, 0.4) is 0 Å². The fraction of sp³-hybridized carbons (Fsp3) is 0.217. The lowest BCUT2D eigenvalue weighted by molar-refractivity contribution is 0.0940. The SMILES string of the molecule is Cc1cc(=O)[nH]c(N2CCC(NC(=O)c3cccc(Nc4ccc(-c5nn[nH]n5)cc4)c3)C2)n1. The molecule has 0 bridgehead atoms. The molecule has 11 nitrogen and oxygen atoms in total. The molecule has 2 aromatic heterocycles. The van der Waals surface area contributed by atoms with Crippen LogP contribution < -0.4 is 21.1 Å². The van der Waals surface area contributed by atoms with E-state index in [1.54, 1.807) is 13.0 Å². The minimum atomic E-state index is -0.177. The van der Waals surface area contributed by atoms with E-state index in [1.165, 1.54) is 6.07 Å². The molecular formula is C23H23N9O2. The first-order valence-electron chi connectivity index (χ1n) is 10.9. The molecule has 11 heteroatoms. The first-order valence-corrected chi connectivity index (χ1v) is 10.9. The Bertz CT molecular complexity index is 1350. The first kappa shape index (κ1) is 21.3. The summed E-state index contributed by atoms with van der Waals surface area (Å²) >= 11 is 0. The Morgan fingerprint density at radius 3 is 2.74 bits per heavy atom. The number of H-pyrrole nitrogens is 2. The van der Waals surface area contributed by atoms with Crippen molar-refractivity contribution in [2.24, 2.45) is 0 Å². The van der Waals surface area contributed by atoms with Crippen molar-refractivity contribution in [1.29, 1.82) is 0 Å². The van der Waals surface area contributed by atoms with Crippen LogP contribution in [0, 0.1) is 6.92 Å². The summed E-state index contributed by atoms with van der Waals surface area (Å²) in [6.45, 7) is 3.08. The number of anilines is 3. The summed E-state index contributed by atoms with van der Waals surface area (Å²) in [4.78, 5) is 33.8. The van der Waals surface area contributed by atoms with Gasteiger partial charge in [-0.25, -0.2) is 4.98 Å². The molecule has 172 valence electrons. The van der Waals surface area contributed by atoms with Crippen molar-refractivity contribution in [3.63, 3.8) is 0 Å². The quantitative estimate of drug-likeness (QED) is 0.344. The van der Waals surface area contributed by atoms with E-state index >= 15 is 0 Å². The summed E-state index contributed by atoms with van der Waals surface area (Å²) in [7, 11) is 0. The van der Waals surface area contributed by atoms with Gasteiger partial charge in [-0.05, 0) is 61.0 Å². The molecule has 5 rings (SSSR count). The Balaban J connectivity index is 1.21. The maximum Gasteiger partial charge on any atom is 0.252 e. The van der Waals surface area contributed by atoms with Gasteiger partial charge in [-0.3, -0.25) is 14.6 Å².